The van der Waals surface area contributed by atoms with E-state index in [2.05, 4.69) is 175 Å². The summed E-state index contributed by atoms with van der Waals surface area (Å²) in [7, 11) is 0. The normalized spacial score (nSPS) is 11.3. The highest BCUT2D eigenvalue weighted by atomic mass is 16.3. The van der Waals surface area contributed by atoms with Crippen molar-refractivity contribution in [2.75, 3.05) is 4.90 Å². The van der Waals surface area contributed by atoms with Crippen LogP contribution in [0.5, 0.6) is 5.75 Å². The summed E-state index contributed by atoms with van der Waals surface area (Å²) >= 11 is 0. The number of rotatable bonds is 7. The summed E-state index contributed by atoms with van der Waals surface area (Å²) in [4.78, 5) is 2.18. The van der Waals surface area contributed by atoms with Gasteiger partial charge in [0.2, 0.25) is 6.71 Å². The van der Waals surface area contributed by atoms with Crippen molar-refractivity contribution in [2.24, 2.45) is 0 Å². The van der Waals surface area contributed by atoms with E-state index in [9.17, 15) is 5.11 Å². The molecule has 55 heavy (non-hydrogen) atoms. The van der Waals surface area contributed by atoms with E-state index in [1.54, 1.807) is 0 Å². The van der Waals surface area contributed by atoms with E-state index < -0.39 is 0 Å². The number of para-hydroxylation sites is 2. The molecule has 0 saturated carbocycles. The van der Waals surface area contributed by atoms with Crippen LogP contribution in [0.15, 0.2) is 212 Å². The van der Waals surface area contributed by atoms with Gasteiger partial charge in [-0.2, -0.15) is 0 Å². The first-order chi connectivity index (χ1) is 27.2. The topological polar surface area (TPSA) is 23.5 Å². The molecule has 10 aromatic carbocycles. The molecule has 0 spiro atoms. The van der Waals surface area contributed by atoms with Crippen molar-refractivity contribution in [1.29, 1.82) is 0 Å². The largest absolute Gasteiger partial charge is 0.507 e. The molecule has 0 aliphatic rings. The fourth-order valence-corrected chi connectivity index (χ4v) is 8.51. The van der Waals surface area contributed by atoms with Gasteiger partial charge in [-0.15, -0.1) is 0 Å². The Kier molecular flexibility index (Phi) is 8.11. The lowest BCUT2D eigenvalue weighted by molar-refractivity contribution is 0.477. The molecular weight excluding hydrogens is 665 g/mol. The summed E-state index contributed by atoms with van der Waals surface area (Å²) in [5, 5.41) is 21.5. The van der Waals surface area contributed by atoms with Gasteiger partial charge in [-0.1, -0.05) is 180 Å². The highest BCUT2D eigenvalue weighted by Crippen LogP contribution is 2.43. The van der Waals surface area contributed by atoms with E-state index in [0.717, 1.165) is 44.3 Å². The Hall–Kier alpha value is -7.10. The third kappa shape index (κ3) is 5.78. The first-order valence-electron chi connectivity index (χ1n) is 18.9. The van der Waals surface area contributed by atoms with Crippen LogP contribution in [0.3, 0.4) is 0 Å². The zero-order valence-corrected chi connectivity index (χ0v) is 30.2. The molecule has 258 valence electrons. The number of hydrogen-bond donors (Lipinski definition) is 1. The van der Waals surface area contributed by atoms with Crippen LogP contribution < -0.4 is 21.3 Å². The van der Waals surface area contributed by atoms with Crippen molar-refractivity contribution in [3.63, 3.8) is 0 Å². The van der Waals surface area contributed by atoms with Gasteiger partial charge in [0.05, 0.1) is 0 Å². The van der Waals surface area contributed by atoms with Gasteiger partial charge in [0, 0.05) is 28.7 Å². The molecule has 2 nitrogen and oxygen atoms in total. The van der Waals surface area contributed by atoms with Crippen LogP contribution in [-0.4, -0.2) is 11.8 Å². The second-order valence-electron chi connectivity index (χ2n) is 14.2. The Morgan fingerprint density at radius 3 is 1.55 bits per heavy atom. The molecular formula is C52H36BNO. The molecule has 10 rings (SSSR count). The molecule has 0 heterocycles. The number of fused-ring (bicyclic) bond motifs is 6. The second kappa shape index (κ2) is 13.7. The van der Waals surface area contributed by atoms with Gasteiger partial charge in [0.1, 0.15) is 5.75 Å². The smallest absolute Gasteiger partial charge is 0.242 e. The molecule has 0 aliphatic heterocycles. The molecule has 0 unspecified atom stereocenters. The average molecular weight is 702 g/mol. The van der Waals surface area contributed by atoms with Crippen LogP contribution in [0.2, 0.25) is 0 Å². The van der Waals surface area contributed by atoms with Crippen LogP contribution in [0, 0.1) is 0 Å². The SMILES string of the molecule is Oc1cc(N(c2ccccc2)c2ccccc2)ccc1-c1cc2c3ccccc3c(B(c3ccccc3)c3ccc4ccccc4c3)cc2c2ccccc12. The third-order valence-electron chi connectivity index (χ3n) is 11.0. The number of hydrogen-bond acceptors (Lipinski definition) is 2. The van der Waals surface area contributed by atoms with E-state index in [-0.39, 0.29) is 12.5 Å². The Balaban J connectivity index is 1.19. The van der Waals surface area contributed by atoms with Crippen molar-refractivity contribution in [1.82, 2.24) is 0 Å². The second-order valence-corrected chi connectivity index (χ2v) is 14.2. The van der Waals surface area contributed by atoms with Gasteiger partial charge >= 0.3 is 0 Å². The molecule has 0 aromatic heterocycles. The Labute approximate surface area is 321 Å². The lowest BCUT2D eigenvalue weighted by Crippen LogP contribution is -2.52. The van der Waals surface area contributed by atoms with Gasteiger partial charge in [-0.3, -0.25) is 0 Å². The van der Waals surface area contributed by atoms with E-state index in [0.29, 0.717) is 0 Å². The molecule has 0 saturated heterocycles. The third-order valence-corrected chi connectivity index (χ3v) is 11.0. The van der Waals surface area contributed by atoms with Crippen LogP contribution in [0.25, 0.3) is 54.2 Å². The molecule has 0 aliphatic carbocycles. The van der Waals surface area contributed by atoms with Gasteiger partial charge in [0.15, 0.2) is 0 Å². The van der Waals surface area contributed by atoms with Crippen LogP contribution in [0.1, 0.15) is 0 Å². The highest BCUT2D eigenvalue weighted by Gasteiger charge is 2.26. The average Bonchev–Trinajstić information content (AvgIpc) is 3.25. The van der Waals surface area contributed by atoms with Crippen molar-refractivity contribution < 1.29 is 5.11 Å². The Morgan fingerprint density at radius 1 is 0.327 bits per heavy atom. The number of benzene rings is 10. The highest BCUT2D eigenvalue weighted by molar-refractivity contribution is 6.97. The minimum Gasteiger partial charge on any atom is -0.507 e. The van der Waals surface area contributed by atoms with Crippen molar-refractivity contribution in [3.05, 3.63) is 212 Å². The Morgan fingerprint density at radius 2 is 0.873 bits per heavy atom. The lowest BCUT2D eigenvalue weighted by atomic mass is 9.36. The number of phenolic OH excluding ortho intramolecular Hbond substituents is 1. The standard InChI is InChI=1S/C52H36BNO/c55-52-33-42(54(40-20-6-2-7-21-40)41-22-8-3-9-23-41)30-31-47(52)48-34-49-45-26-14-15-27-46(45)51(35-50(49)44-25-13-12-24-43(44)48)53(38-18-4-1-5-19-38)39-29-28-36-16-10-11-17-37(36)32-39/h1-35,55H. The summed E-state index contributed by atoms with van der Waals surface area (Å²) in [5.41, 5.74) is 8.54. The minimum absolute atomic E-state index is 0.0207. The summed E-state index contributed by atoms with van der Waals surface area (Å²) in [5.74, 6) is 0.236. The molecule has 0 bridgehead atoms. The van der Waals surface area contributed by atoms with E-state index in [1.165, 1.54) is 43.3 Å². The monoisotopic (exact) mass is 701 g/mol. The molecule has 0 atom stereocenters. The van der Waals surface area contributed by atoms with E-state index >= 15 is 0 Å². The maximum Gasteiger partial charge on any atom is 0.242 e. The summed E-state index contributed by atoms with van der Waals surface area (Å²) < 4.78 is 0. The van der Waals surface area contributed by atoms with E-state index in [1.807, 2.05) is 42.5 Å². The Bertz CT molecular complexity index is 2960. The van der Waals surface area contributed by atoms with Crippen LogP contribution in [0.4, 0.5) is 17.1 Å². The predicted octanol–water partition coefficient (Wildman–Crippen LogP) is 11.7. The summed E-state index contributed by atoms with van der Waals surface area (Å²) in [6.45, 7) is 0.0207. The molecule has 10 aromatic rings. The maximum atomic E-state index is 11.9. The molecule has 0 amide bonds. The molecule has 3 heteroatoms. The zero-order chi connectivity index (χ0) is 36.7. The summed E-state index contributed by atoms with van der Waals surface area (Å²) in [6, 6.07) is 75.2. The molecule has 1 N–H and O–H groups in total. The maximum absolute atomic E-state index is 11.9. The number of anilines is 3. The number of aromatic hydroxyl groups is 1. The van der Waals surface area contributed by atoms with Crippen LogP contribution in [-0.2, 0) is 0 Å². The molecule has 0 fully saturated rings. The van der Waals surface area contributed by atoms with Gasteiger partial charge in [0.25, 0.3) is 0 Å². The number of phenols is 1. The minimum atomic E-state index is 0.0207. The van der Waals surface area contributed by atoms with Gasteiger partial charge in [-0.05, 0) is 91.1 Å². The van der Waals surface area contributed by atoms with Crippen LogP contribution >= 0.6 is 0 Å². The van der Waals surface area contributed by atoms with Crippen molar-refractivity contribution >= 4 is 83.3 Å². The van der Waals surface area contributed by atoms with Crippen molar-refractivity contribution in [2.45, 2.75) is 0 Å². The summed E-state index contributed by atoms with van der Waals surface area (Å²) in [6.07, 6.45) is 0. The fourth-order valence-electron chi connectivity index (χ4n) is 8.51. The zero-order valence-electron chi connectivity index (χ0n) is 30.2. The van der Waals surface area contributed by atoms with Gasteiger partial charge < -0.3 is 10.0 Å². The number of nitrogens with zero attached hydrogens (tertiary/aromatic N) is 1. The quantitative estimate of drug-likeness (QED) is 0.132. The first kappa shape index (κ1) is 32.5. The van der Waals surface area contributed by atoms with Crippen molar-refractivity contribution in [3.8, 4) is 16.9 Å². The first-order valence-corrected chi connectivity index (χ1v) is 18.9. The van der Waals surface area contributed by atoms with Gasteiger partial charge in [-0.25, -0.2) is 0 Å². The predicted molar refractivity (Wildman–Crippen MR) is 236 cm³/mol. The molecule has 0 radical (unpaired) electrons. The fraction of sp³-hybridized carbons (Fsp3) is 0. The van der Waals surface area contributed by atoms with E-state index in [4.69, 9.17) is 0 Å². The lowest BCUT2D eigenvalue weighted by Gasteiger charge is -2.26.